The van der Waals surface area contributed by atoms with Crippen LogP contribution in [0.3, 0.4) is 0 Å². The molecule has 7 heteroatoms. The van der Waals surface area contributed by atoms with Crippen molar-refractivity contribution in [3.63, 3.8) is 0 Å². The van der Waals surface area contributed by atoms with Crippen molar-refractivity contribution in [3.05, 3.63) is 29.8 Å². The van der Waals surface area contributed by atoms with Gasteiger partial charge in [-0.15, -0.1) is 0 Å². The summed E-state index contributed by atoms with van der Waals surface area (Å²) < 4.78 is 5.82. The molecule has 3 fully saturated rings. The van der Waals surface area contributed by atoms with E-state index >= 15 is 0 Å². The second-order valence-electron chi connectivity index (χ2n) is 7.40. The number of anilines is 1. The first-order valence-corrected chi connectivity index (χ1v) is 9.24. The Morgan fingerprint density at radius 1 is 1.35 bits per heavy atom. The Morgan fingerprint density at radius 2 is 2.19 bits per heavy atom. The lowest BCUT2D eigenvalue weighted by atomic mass is 9.79. The Kier molecular flexibility index (Phi) is 4.36. The predicted octanol–water partition coefficient (Wildman–Crippen LogP) is 1.36. The largest absolute Gasteiger partial charge is 0.393 e. The van der Waals surface area contributed by atoms with E-state index in [9.17, 15) is 14.7 Å². The molecule has 1 aromatic carbocycles. The molecule has 3 aliphatic rings. The molecule has 4 rings (SSSR count). The number of amides is 3. The third-order valence-corrected chi connectivity index (χ3v) is 6.08. The highest BCUT2D eigenvalue weighted by Crippen LogP contribution is 2.43. The number of nitrogens with one attached hydrogen (secondary N) is 1. The molecule has 1 saturated carbocycles. The SMILES string of the molecule is CO[C@@]12CC[C@@H](O)C[C@@H]1N(C(=O)c1cccc(N3CCNC3=O)c1)CC2. The molecule has 3 amide bonds. The number of aliphatic hydroxyl groups excluding tert-OH is 1. The van der Waals surface area contributed by atoms with Gasteiger partial charge < -0.3 is 20.1 Å². The standard InChI is InChI=1S/C19H25N3O4/c1-26-19-6-5-15(23)12-16(19)22(9-7-19)17(24)13-3-2-4-14(11-13)21-10-8-20-18(21)25/h2-4,11,15-16,23H,5-10,12H2,1H3,(H,20,25)/t15-,16+,19-/m1/s1. The number of methoxy groups -OCH3 is 1. The van der Waals surface area contributed by atoms with Crippen molar-refractivity contribution in [2.45, 2.75) is 43.4 Å². The lowest BCUT2D eigenvalue weighted by Crippen LogP contribution is -2.52. The number of ether oxygens (including phenoxy) is 1. The zero-order valence-electron chi connectivity index (χ0n) is 15.0. The first kappa shape index (κ1) is 17.3. The summed E-state index contributed by atoms with van der Waals surface area (Å²) in [5.41, 5.74) is 0.947. The quantitative estimate of drug-likeness (QED) is 0.854. The molecule has 2 aliphatic heterocycles. The van der Waals surface area contributed by atoms with Crippen LogP contribution in [-0.2, 0) is 4.74 Å². The number of nitrogens with zero attached hydrogens (tertiary/aromatic N) is 2. The maximum atomic E-state index is 13.2. The molecule has 0 spiro atoms. The number of fused-ring (bicyclic) bond motifs is 1. The van der Waals surface area contributed by atoms with E-state index in [0.29, 0.717) is 38.0 Å². The number of carbonyl (C=O) groups excluding carboxylic acids is 2. The third-order valence-electron chi connectivity index (χ3n) is 6.08. The molecule has 2 saturated heterocycles. The van der Waals surface area contributed by atoms with Crippen molar-refractivity contribution >= 4 is 17.6 Å². The van der Waals surface area contributed by atoms with Crippen LogP contribution >= 0.6 is 0 Å². The van der Waals surface area contributed by atoms with Crippen LogP contribution in [0.25, 0.3) is 0 Å². The van der Waals surface area contributed by atoms with Gasteiger partial charge in [-0.25, -0.2) is 4.79 Å². The van der Waals surface area contributed by atoms with Gasteiger partial charge in [-0.2, -0.15) is 0 Å². The minimum Gasteiger partial charge on any atom is -0.393 e. The third kappa shape index (κ3) is 2.75. The van der Waals surface area contributed by atoms with Crippen LogP contribution in [0.4, 0.5) is 10.5 Å². The van der Waals surface area contributed by atoms with E-state index in [1.54, 1.807) is 24.1 Å². The molecule has 0 radical (unpaired) electrons. The summed E-state index contributed by atoms with van der Waals surface area (Å²) in [7, 11) is 1.70. The molecule has 0 bridgehead atoms. The van der Waals surface area contributed by atoms with E-state index in [4.69, 9.17) is 4.74 Å². The highest BCUT2D eigenvalue weighted by Gasteiger charge is 2.52. The van der Waals surface area contributed by atoms with Gasteiger partial charge in [0, 0.05) is 38.0 Å². The summed E-state index contributed by atoms with van der Waals surface area (Å²) in [6, 6.07) is 6.97. The topological polar surface area (TPSA) is 82.1 Å². The van der Waals surface area contributed by atoms with Crippen molar-refractivity contribution in [3.8, 4) is 0 Å². The molecule has 140 valence electrons. The summed E-state index contributed by atoms with van der Waals surface area (Å²) in [5, 5.41) is 12.9. The lowest BCUT2D eigenvalue weighted by molar-refractivity contribution is -0.0824. The lowest BCUT2D eigenvalue weighted by Gasteiger charge is -2.42. The van der Waals surface area contributed by atoms with Gasteiger partial charge in [-0.1, -0.05) is 6.07 Å². The Bertz CT molecular complexity index is 724. The molecule has 2 heterocycles. The van der Waals surface area contributed by atoms with E-state index < -0.39 is 6.10 Å². The van der Waals surface area contributed by atoms with Crippen LogP contribution in [0.2, 0.25) is 0 Å². The molecule has 3 atom stereocenters. The van der Waals surface area contributed by atoms with Gasteiger partial charge in [0.2, 0.25) is 0 Å². The maximum absolute atomic E-state index is 13.2. The zero-order valence-corrected chi connectivity index (χ0v) is 15.0. The number of rotatable bonds is 3. The van der Waals surface area contributed by atoms with Gasteiger partial charge in [0.15, 0.2) is 0 Å². The van der Waals surface area contributed by atoms with Crippen molar-refractivity contribution in [1.82, 2.24) is 10.2 Å². The monoisotopic (exact) mass is 359 g/mol. The fourth-order valence-corrected chi connectivity index (χ4v) is 4.61. The second-order valence-corrected chi connectivity index (χ2v) is 7.40. The Morgan fingerprint density at radius 3 is 2.92 bits per heavy atom. The number of likely N-dealkylation sites (tertiary alicyclic amines) is 1. The van der Waals surface area contributed by atoms with Gasteiger partial charge in [-0.3, -0.25) is 9.69 Å². The van der Waals surface area contributed by atoms with Crippen LogP contribution < -0.4 is 10.2 Å². The number of benzene rings is 1. The molecule has 1 aliphatic carbocycles. The summed E-state index contributed by atoms with van der Waals surface area (Å²) >= 11 is 0. The number of urea groups is 1. The molecule has 7 nitrogen and oxygen atoms in total. The van der Waals surface area contributed by atoms with Crippen LogP contribution in [0.1, 0.15) is 36.0 Å². The first-order chi connectivity index (χ1) is 12.5. The maximum Gasteiger partial charge on any atom is 0.321 e. The second kappa shape index (κ2) is 6.55. The van der Waals surface area contributed by atoms with E-state index in [1.807, 2.05) is 17.0 Å². The summed E-state index contributed by atoms with van der Waals surface area (Å²) in [4.78, 5) is 28.6. The van der Waals surface area contributed by atoms with Crippen molar-refractivity contribution < 1.29 is 19.4 Å². The minimum atomic E-state index is -0.392. The van der Waals surface area contributed by atoms with Gasteiger partial charge in [-0.05, 0) is 43.9 Å². The van der Waals surface area contributed by atoms with E-state index in [2.05, 4.69) is 5.32 Å². The number of hydrogen-bond donors (Lipinski definition) is 2. The molecule has 1 aromatic rings. The van der Waals surface area contributed by atoms with Crippen molar-refractivity contribution in [2.24, 2.45) is 0 Å². The van der Waals surface area contributed by atoms with Gasteiger partial charge >= 0.3 is 6.03 Å². The number of carbonyl (C=O) groups is 2. The van der Waals surface area contributed by atoms with E-state index in [1.165, 1.54) is 0 Å². The highest BCUT2D eigenvalue weighted by atomic mass is 16.5. The number of hydrogen-bond acceptors (Lipinski definition) is 4. The van der Waals surface area contributed by atoms with Gasteiger partial charge in [0.05, 0.1) is 17.7 Å². The van der Waals surface area contributed by atoms with Gasteiger partial charge in [0.1, 0.15) is 0 Å². The Balaban J connectivity index is 1.59. The average Bonchev–Trinajstić information content (AvgIpc) is 3.25. The van der Waals surface area contributed by atoms with Crippen molar-refractivity contribution in [1.29, 1.82) is 0 Å². The Labute approximate surface area is 152 Å². The van der Waals surface area contributed by atoms with Crippen LogP contribution in [0.5, 0.6) is 0 Å². The van der Waals surface area contributed by atoms with Crippen molar-refractivity contribution in [2.75, 3.05) is 31.6 Å². The number of aliphatic hydroxyl groups is 1. The molecule has 0 unspecified atom stereocenters. The summed E-state index contributed by atoms with van der Waals surface area (Å²) in [6.45, 7) is 1.83. The molecular weight excluding hydrogens is 334 g/mol. The Hall–Kier alpha value is -2.12. The van der Waals surface area contributed by atoms with Crippen LogP contribution in [0, 0.1) is 0 Å². The predicted molar refractivity (Wildman–Crippen MR) is 96.2 cm³/mol. The molecule has 2 N–H and O–H groups in total. The normalized spacial score (nSPS) is 31.1. The van der Waals surface area contributed by atoms with Gasteiger partial charge in [0.25, 0.3) is 5.91 Å². The fourth-order valence-electron chi connectivity index (χ4n) is 4.61. The highest BCUT2D eigenvalue weighted by molar-refractivity contribution is 5.98. The summed E-state index contributed by atoms with van der Waals surface area (Å²) in [5.74, 6) is -0.0653. The average molecular weight is 359 g/mol. The van der Waals surface area contributed by atoms with Crippen LogP contribution in [-0.4, -0.2) is 66.4 Å². The smallest absolute Gasteiger partial charge is 0.321 e. The molecule has 26 heavy (non-hydrogen) atoms. The van der Waals surface area contributed by atoms with Crippen LogP contribution in [0.15, 0.2) is 24.3 Å². The minimum absolute atomic E-state index is 0.0653. The first-order valence-electron chi connectivity index (χ1n) is 9.24. The molecule has 0 aromatic heterocycles. The zero-order chi connectivity index (χ0) is 18.3. The fraction of sp³-hybridized carbons (Fsp3) is 0.579. The molecular formula is C19H25N3O4. The summed E-state index contributed by atoms with van der Waals surface area (Å²) in [6.07, 6.45) is 2.43. The van der Waals surface area contributed by atoms with E-state index in [0.717, 1.165) is 18.5 Å². The van der Waals surface area contributed by atoms with E-state index in [-0.39, 0.29) is 23.6 Å².